The number of rotatable bonds is 6. The lowest BCUT2D eigenvalue weighted by molar-refractivity contribution is -0.139. The molecule has 2 amide bonds. The summed E-state index contributed by atoms with van der Waals surface area (Å²) in [4.78, 5) is 35.8. The summed E-state index contributed by atoms with van der Waals surface area (Å²) in [6, 6.07) is 0. The van der Waals surface area contributed by atoms with Gasteiger partial charge < -0.3 is 0 Å². The molecule has 1 saturated heterocycles. The highest BCUT2D eigenvalue weighted by Gasteiger charge is 2.37. The van der Waals surface area contributed by atoms with Crippen LogP contribution in [0.2, 0.25) is 0 Å². The fourth-order valence-electron chi connectivity index (χ4n) is 1.97. The van der Waals surface area contributed by atoms with E-state index in [0.717, 1.165) is 12.8 Å². The third-order valence-corrected chi connectivity index (χ3v) is 2.98. The van der Waals surface area contributed by atoms with Gasteiger partial charge in [-0.15, -0.1) is 0 Å². The summed E-state index contributed by atoms with van der Waals surface area (Å²) < 4.78 is 0. The number of nitrogens with zero attached hydrogens (tertiary/aromatic N) is 1. The predicted octanol–water partition coefficient (Wildman–Crippen LogP) is 1.53. The van der Waals surface area contributed by atoms with Crippen molar-refractivity contribution in [2.75, 3.05) is 6.54 Å². The second-order valence-corrected chi connectivity index (χ2v) is 4.22. The van der Waals surface area contributed by atoms with Crippen LogP contribution < -0.4 is 0 Å². The SMILES string of the molecule is CCCC1CC(=O)N(CCC(=O)CC)C1=O. The number of carbonyl (C=O) groups excluding carboxylic acids is 3. The minimum atomic E-state index is -0.144. The van der Waals surface area contributed by atoms with E-state index in [9.17, 15) is 14.4 Å². The summed E-state index contributed by atoms with van der Waals surface area (Å²) in [5, 5.41) is 0. The first-order valence-corrected chi connectivity index (χ1v) is 5.96. The van der Waals surface area contributed by atoms with Gasteiger partial charge in [0, 0.05) is 31.7 Å². The van der Waals surface area contributed by atoms with Gasteiger partial charge in [0.25, 0.3) is 0 Å². The van der Waals surface area contributed by atoms with Gasteiger partial charge >= 0.3 is 0 Å². The highest BCUT2D eigenvalue weighted by molar-refractivity contribution is 6.03. The maximum absolute atomic E-state index is 11.8. The fourth-order valence-corrected chi connectivity index (χ4v) is 1.97. The van der Waals surface area contributed by atoms with Gasteiger partial charge in [0.2, 0.25) is 11.8 Å². The van der Waals surface area contributed by atoms with Crippen molar-refractivity contribution in [2.45, 2.75) is 46.0 Å². The van der Waals surface area contributed by atoms with Crippen molar-refractivity contribution in [1.29, 1.82) is 0 Å². The maximum atomic E-state index is 11.8. The van der Waals surface area contributed by atoms with Gasteiger partial charge in [-0.25, -0.2) is 0 Å². The Morgan fingerprint density at radius 1 is 1.38 bits per heavy atom. The van der Waals surface area contributed by atoms with Gasteiger partial charge in [-0.2, -0.15) is 0 Å². The van der Waals surface area contributed by atoms with Crippen molar-refractivity contribution in [3.63, 3.8) is 0 Å². The number of carbonyl (C=O) groups is 3. The first kappa shape index (κ1) is 12.9. The first-order chi connectivity index (χ1) is 7.60. The van der Waals surface area contributed by atoms with Gasteiger partial charge in [-0.1, -0.05) is 20.3 Å². The number of hydrogen-bond acceptors (Lipinski definition) is 3. The molecule has 4 heteroatoms. The second-order valence-electron chi connectivity index (χ2n) is 4.22. The summed E-state index contributed by atoms with van der Waals surface area (Å²) in [5.74, 6) is -0.253. The molecule has 0 spiro atoms. The normalized spacial score (nSPS) is 20.6. The van der Waals surface area contributed by atoms with E-state index >= 15 is 0 Å². The molecule has 90 valence electrons. The van der Waals surface area contributed by atoms with Crippen molar-refractivity contribution < 1.29 is 14.4 Å². The van der Waals surface area contributed by atoms with Crippen LogP contribution in [-0.4, -0.2) is 29.0 Å². The van der Waals surface area contributed by atoms with Gasteiger partial charge in [0.05, 0.1) is 0 Å². The topological polar surface area (TPSA) is 54.5 Å². The zero-order valence-electron chi connectivity index (χ0n) is 9.99. The standard InChI is InChI=1S/C12H19NO3/c1-3-5-9-8-11(15)13(12(9)16)7-6-10(14)4-2/h9H,3-8H2,1-2H3. The molecule has 0 aromatic rings. The molecule has 1 atom stereocenters. The molecule has 0 saturated carbocycles. The Hall–Kier alpha value is -1.19. The zero-order valence-corrected chi connectivity index (χ0v) is 9.99. The van der Waals surface area contributed by atoms with Crippen LogP contribution in [0, 0.1) is 5.92 Å². The lowest BCUT2D eigenvalue weighted by Crippen LogP contribution is -2.32. The average Bonchev–Trinajstić information content (AvgIpc) is 2.52. The molecule has 0 N–H and O–H groups in total. The summed E-state index contributed by atoms with van der Waals surface area (Å²) in [6.45, 7) is 4.06. The summed E-state index contributed by atoms with van der Waals surface area (Å²) in [5.41, 5.74) is 0. The third kappa shape index (κ3) is 2.90. The van der Waals surface area contributed by atoms with Gasteiger partial charge in [-0.05, 0) is 6.42 Å². The van der Waals surface area contributed by atoms with Crippen LogP contribution in [0.25, 0.3) is 0 Å². The van der Waals surface area contributed by atoms with Crippen LogP contribution in [0.15, 0.2) is 0 Å². The third-order valence-electron chi connectivity index (χ3n) is 2.98. The summed E-state index contributed by atoms with van der Waals surface area (Å²) >= 11 is 0. The van der Waals surface area contributed by atoms with Crippen LogP contribution in [0.3, 0.4) is 0 Å². The molecule has 1 fully saturated rings. The minimum absolute atomic E-state index is 0.0873. The predicted molar refractivity (Wildman–Crippen MR) is 59.7 cm³/mol. The van der Waals surface area contributed by atoms with Crippen molar-refractivity contribution >= 4 is 17.6 Å². The van der Waals surface area contributed by atoms with E-state index in [1.807, 2.05) is 6.92 Å². The van der Waals surface area contributed by atoms with Crippen LogP contribution >= 0.6 is 0 Å². The van der Waals surface area contributed by atoms with E-state index in [1.165, 1.54) is 4.90 Å². The van der Waals surface area contributed by atoms with Crippen molar-refractivity contribution in [2.24, 2.45) is 5.92 Å². The molecule has 16 heavy (non-hydrogen) atoms. The van der Waals surface area contributed by atoms with E-state index < -0.39 is 0 Å². The number of likely N-dealkylation sites (tertiary alicyclic amines) is 1. The van der Waals surface area contributed by atoms with E-state index in [1.54, 1.807) is 6.92 Å². The molecule has 0 aromatic heterocycles. The molecule has 1 heterocycles. The number of Topliss-reactive ketones (excluding diaryl/α,β-unsaturated/α-hetero) is 1. The number of hydrogen-bond donors (Lipinski definition) is 0. The first-order valence-electron chi connectivity index (χ1n) is 5.96. The minimum Gasteiger partial charge on any atom is -0.300 e. The second kappa shape index (κ2) is 5.77. The van der Waals surface area contributed by atoms with Crippen molar-refractivity contribution in [3.05, 3.63) is 0 Å². The van der Waals surface area contributed by atoms with Gasteiger partial charge in [-0.3, -0.25) is 19.3 Å². The maximum Gasteiger partial charge on any atom is 0.232 e. The molecule has 0 aromatic carbocycles. The molecular weight excluding hydrogens is 206 g/mol. The number of ketones is 1. The van der Waals surface area contributed by atoms with E-state index in [0.29, 0.717) is 19.3 Å². The Balaban J connectivity index is 2.51. The Morgan fingerprint density at radius 3 is 2.62 bits per heavy atom. The van der Waals surface area contributed by atoms with Crippen LogP contribution in [-0.2, 0) is 14.4 Å². The van der Waals surface area contributed by atoms with Crippen molar-refractivity contribution in [1.82, 2.24) is 4.90 Å². The molecule has 0 aliphatic carbocycles. The molecule has 0 bridgehead atoms. The van der Waals surface area contributed by atoms with E-state index in [-0.39, 0.29) is 30.1 Å². The molecule has 1 unspecified atom stereocenters. The monoisotopic (exact) mass is 225 g/mol. The Bertz CT molecular complexity index is 299. The summed E-state index contributed by atoms with van der Waals surface area (Å²) in [7, 11) is 0. The molecule has 4 nitrogen and oxygen atoms in total. The number of amides is 2. The molecule has 1 aliphatic heterocycles. The van der Waals surface area contributed by atoms with Crippen LogP contribution in [0.1, 0.15) is 46.0 Å². The molecular formula is C12H19NO3. The molecule has 1 aliphatic rings. The van der Waals surface area contributed by atoms with Crippen LogP contribution in [0.4, 0.5) is 0 Å². The quantitative estimate of drug-likeness (QED) is 0.644. The lowest BCUT2D eigenvalue weighted by atomic mass is 10.0. The summed E-state index contributed by atoms with van der Waals surface area (Å²) in [6.07, 6.45) is 2.77. The molecule has 1 rings (SSSR count). The Kier molecular flexibility index (Phi) is 4.65. The number of imide groups is 1. The van der Waals surface area contributed by atoms with E-state index in [2.05, 4.69) is 0 Å². The van der Waals surface area contributed by atoms with Crippen molar-refractivity contribution in [3.8, 4) is 0 Å². The Labute approximate surface area is 96.0 Å². The largest absolute Gasteiger partial charge is 0.300 e. The fraction of sp³-hybridized carbons (Fsp3) is 0.750. The highest BCUT2D eigenvalue weighted by atomic mass is 16.2. The van der Waals surface area contributed by atoms with E-state index in [4.69, 9.17) is 0 Å². The Morgan fingerprint density at radius 2 is 2.06 bits per heavy atom. The lowest BCUT2D eigenvalue weighted by Gasteiger charge is -2.13. The van der Waals surface area contributed by atoms with Crippen LogP contribution in [0.5, 0.6) is 0 Å². The van der Waals surface area contributed by atoms with Gasteiger partial charge in [0.15, 0.2) is 0 Å². The highest BCUT2D eigenvalue weighted by Crippen LogP contribution is 2.23. The smallest absolute Gasteiger partial charge is 0.232 e. The van der Waals surface area contributed by atoms with Gasteiger partial charge in [0.1, 0.15) is 5.78 Å². The molecule has 0 radical (unpaired) electrons. The average molecular weight is 225 g/mol. The zero-order chi connectivity index (χ0) is 12.1.